The van der Waals surface area contributed by atoms with Crippen molar-refractivity contribution in [3.8, 4) is 0 Å². The summed E-state index contributed by atoms with van der Waals surface area (Å²) in [5.41, 5.74) is 0. The summed E-state index contributed by atoms with van der Waals surface area (Å²) in [6.07, 6.45) is 2.43. The molecule has 0 aromatic heterocycles. The number of nitrogens with zero attached hydrogens (tertiary/aromatic N) is 2. The molecule has 0 saturated carbocycles. The average Bonchev–Trinajstić information content (AvgIpc) is 2.26. The Kier molecular flexibility index (Phi) is 5.00. The predicted octanol–water partition coefficient (Wildman–Crippen LogP) is 2.11. The number of oxime groups is 2. The topological polar surface area (TPSA) is 63.4 Å². The molecule has 0 aromatic carbocycles. The van der Waals surface area contributed by atoms with E-state index in [0.29, 0.717) is 6.61 Å². The van der Waals surface area contributed by atoms with Crippen LogP contribution in [0, 0.1) is 0 Å². The summed E-state index contributed by atoms with van der Waals surface area (Å²) in [7, 11) is 0. The second-order valence-corrected chi connectivity index (χ2v) is 3.39. The van der Waals surface area contributed by atoms with Gasteiger partial charge in [0, 0.05) is 6.42 Å². The zero-order valence-electron chi connectivity index (χ0n) is 7.32. The summed E-state index contributed by atoms with van der Waals surface area (Å²) in [4.78, 5) is 4.93. The van der Waals surface area contributed by atoms with Gasteiger partial charge in [0.15, 0.2) is 0 Å². The summed E-state index contributed by atoms with van der Waals surface area (Å²) in [5.74, 6) is 0. The average molecular weight is 241 g/mol. The van der Waals surface area contributed by atoms with Crippen molar-refractivity contribution in [3.05, 3.63) is 0 Å². The fraction of sp³-hybridized carbons (Fsp3) is 0.714. The molecule has 1 aliphatic rings. The van der Waals surface area contributed by atoms with Crippen molar-refractivity contribution in [2.75, 3.05) is 6.61 Å². The maximum Gasteiger partial charge on any atom is 0.226 e. The highest BCUT2D eigenvalue weighted by atomic mass is 35.5. The van der Waals surface area contributed by atoms with Gasteiger partial charge in [-0.2, -0.15) is 0 Å². The Balaban J connectivity index is 2.37. The van der Waals surface area contributed by atoms with Crippen LogP contribution in [0.3, 0.4) is 0 Å². The van der Waals surface area contributed by atoms with Crippen LogP contribution in [0.15, 0.2) is 10.3 Å². The summed E-state index contributed by atoms with van der Waals surface area (Å²) >= 11 is 10.8. The smallest absolute Gasteiger partial charge is 0.226 e. The Morgan fingerprint density at radius 3 is 2.71 bits per heavy atom. The molecule has 80 valence electrons. The monoisotopic (exact) mass is 240 g/mol. The van der Waals surface area contributed by atoms with Crippen LogP contribution >= 0.6 is 23.2 Å². The van der Waals surface area contributed by atoms with Gasteiger partial charge in [0.25, 0.3) is 0 Å². The quantitative estimate of drug-likeness (QED) is 0.467. The molecule has 1 N–H and O–H groups in total. The Labute approximate surface area is 91.2 Å². The zero-order chi connectivity index (χ0) is 10.4. The van der Waals surface area contributed by atoms with Crippen molar-refractivity contribution in [3.63, 3.8) is 0 Å². The Morgan fingerprint density at radius 1 is 1.36 bits per heavy atom. The van der Waals surface area contributed by atoms with E-state index in [1.165, 1.54) is 0 Å². The summed E-state index contributed by atoms with van der Waals surface area (Å²) in [5, 5.41) is 13.8. The standard InChI is InChI=1S/C7H10Cl2N2O3/c8-6(10-12)7(9)11-14-5-3-1-2-4-13-5/h5,12H,1-4H2. The molecule has 5 nitrogen and oxygen atoms in total. The van der Waals surface area contributed by atoms with Crippen molar-refractivity contribution < 1.29 is 14.8 Å². The normalized spacial score (nSPS) is 24.9. The molecule has 1 fully saturated rings. The number of halogens is 2. The lowest BCUT2D eigenvalue weighted by atomic mass is 10.2. The van der Waals surface area contributed by atoms with Gasteiger partial charge in [0.05, 0.1) is 6.61 Å². The van der Waals surface area contributed by atoms with Crippen LogP contribution in [0.2, 0.25) is 0 Å². The number of hydrogen-bond donors (Lipinski definition) is 1. The summed E-state index contributed by atoms with van der Waals surface area (Å²) < 4.78 is 5.21. The molecule has 1 atom stereocenters. The van der Waals surface area contributed by atoms with Gasteiger partial charge in [0.2, 0.25) is 16.6 Å². The van der Waals surface area contributed by atoms with E-state index in [2.05, 4.69) is 10.3 Å². The van der Waals surface area contributed by atoms with Crippen molar-refractivity contribution in [1.82, 2.24) is 0 Å². The largest absolute Gasteiger partial charge is 0.410 e. The lowest BCUT2D eigenvalue weighted by Gasteiger charge is -2.19. The third kappa shape index (κ3) is 3.69. The van der Waals surface area contributed by atoms with Gasteiger partial charge in [-0.1, -0.05) is 33.5 Å². The van der Waals surface area contributed by atoms with Crippen LogP contribution < -0.4 is 0 Å². The Hall–Kier alpha value is -0.520. The molecule has 7 heteroatoms. The van der Waals surface area contributed by atoms with E-state index in [9.17, 15) is 0 Å². The summed E-state index contributed by atoms with van der Waals surface area (Å²) in [6, 6.07) is 0. The van der Waals surface area contributed by atoms with Crippen LogP contribution in [-0.2, 0) is 9.57 Å². The molecule has 0 radical (unpaired) electrons. The Bertz CT molecular complexity index is 239. The second-order valence-electron chi connectivity index (χ2n) is 2.67. The van der Waals surface area contributed by atoms with Crippen molar-refractivity contribution in [2.45, 2.75) is 25.6 Å². The van der Waals surface area contributed by atoms with Gasteiger partial charge < -0.3 is 14.8 Å². The molecule has 0 aliphatic carbocycles. The molecule has 0 spiro atoms. The minimum Gasteiger partial charge on any atom is -0.410 e. The molecule has 0 aromatic rings. The number of rotatable bonds is 3. The molecule has 0 amide bonds. The molecule has 1 heterocycles. The first-order valence-corrected chi connectivity index (χ1v) is 4.88. The molecule has 14 heavy (non-hydrogen) atoms. The first-order chi connectivity index (χ1) is 6.74. The van der Waals surface area contributed by atoms with Crippen molar-refractivity contribution in [2.24, 2.45) is 10.3 Å². The minimum absolute atomic E-state index is 0.205. The molecule has 1 rings (SSSR count). The van der Waals surface area contributed by atoms with Gasteiger partial charge in [-0.05, 0) is 12.8 Å². The molecule has 1 saturated heterocycles. The SMILES string of the molecule is ON=C(Cl)C(Cl)=NOC1CCCCO1. The summed E-state index contributed by atoms with van der Waals surface area (Å²) in [6.45, 7) is 0.652. The van der Waals surface area contributed by atoms with E-state index >= 15 is 0 Å². The molecule has 0 bridgehead atoms. The number of hydrogen-bond acceptors (Lipinski definition) is 5. The van der Waals surface area contributed by atoms with Crippen LogP contribution in [0.25, 0.3) is 0 Å². The third-order valence-corrected chi connectivity index (χ3v) is 2.25. The van der Waals surface area contributed by atoms with Crippen molar-refractivity contribution in [1.29, 1.82) is 0 Å². The van der Waals surface area contributed by atoms with Crippen LogP contribution in [0.4, 0.5) is 0 Å². The van der Waals surface area contributed by atoms with E-state index in [-0.39, 0.29) is 16.6 Å². The van der Waals surface area contributed by atoms with Gasteiger partial charge in [-0.3, -0.25) is 0 Å². The van der Waals surface area contributed by atoms with E-state index in [1.807, 2.05) is 0 Å². The molecular formula is C7H10Cl2N2O3. The predicted molar refractivity (Wildman–Crippen MR) is 53.0 cm³/mol. The van der Waals surface area contributed by atoms with Gasteiger partial charge in [-0.15, -0.1) is 0 Å². The zero-order valence-corrected chi connectivity index (χ0v) is 8.83. The maximum absolute atomic E-state index is 8.25. The van der Waals surface area contributed by atoms with E-state index < -0.39 is 0 Å². The van der Waals surface area contributed by atoms with Gasteiger partial charge in [0.1, 0.15) is 0 Å². The molecule has 1 unspecified atom stereocenters. The Morgan fingerprint density at radius 2 is 2.14 bits per heavy atom. The fourth-order valence-electron chi connectivity index (χ4n) is 0.978. The first-order valence-electron chi connectivity index (χ1n) is 4.13. The highest BCUT2D eigenvalue weighted by Crippen LogP contribution is 2.14. The minimum atomic E-state index is -0.388. The highest BCUT2D eigenvalue weighted by molar-refractivity contribution is 7.00. The molecular weight excluding hydrogens is 231 g/mol. The maximum atomic E-state index is 8.25. The number of ether oxygens (including phenoxy) is 1. The lowest BCUT2D eigenvalue weighted by molar-refractivity contribution is -0.161. The first kappa shape index (κ1) is 11.6. The van der Waals surface area contributed by atoms with Gasteiger partial charge in [-0.25, -0.2) is 0 Å². The molecule has 1 aliphatic heterocycles. The fourth-order valence-corrected chi connectivity index (χ4v) is 1.09. The second kappa shape index (κ2) is 6.06. The van der Waals surface area contributed by atoms with Gasteiger partial charge >= 0.3 is 0 Å². The van der Waals surface area contributed by atoms with Crippen molar-refractivity contribution >= 4 is 33.5 Å². The van der Waals surface area contributed by atoms with E-state index in [1.54, 1.807) is 0 Å². The van der Waals surface area contributed by atoms with Crippen LogP contribution in [0.5, 0.6) is 0 Å². The third-order valence-electron chi connectivity index (χ3n) is 1.65. The van der Waals surface area contributed by atoms with E-state index in [4.69, 9.17) is 38.0 Å². The van der Waals surface area contributed by atoms with E-state index in [0.717, 1.165) is 19.3 Å². The van der Waals surface area contributed by atoms with Crippen LogP contribution in [-0.4, -0.2) is 28.4 Å². The lowest BCUT2D eigenvalue weighted by Crippen LogP contribution is -2.20. The van der Waals surface area contributed by atoms with Crippen LogP contribution in [0.1, 0.15) is 19.3 Å². The highest BCUT2D eigenvalue weighted by Gasteiger charge is 2.15.